The second-order valence-corrected chi connectivity index (χ2v) is 4.07. The van der Waals surface area contributed by atoms with Crippen molar-refractivity contribution in [3.05, 3.63) is 0 Å². The zero-order valence-corrected chi connectivity index (χ0v) is 8.13. The smallest absolute Gasteiger partial charge is 0.159 e. The Labute approximate surface area is 76.5 Å². The Bertz CT molecular complexity index is 158. The van der Waals surface area contributed by atoms with Gasteiger partial charge in [-0.2, -0.15) is 11.8 Å². The van der Waals surface area contributed by atoms with Crippen molar-refractivity contribution < 1.29 is 14.7 Å². The number of rotatable bonds is 6. The van der Waals surface area contributed by atoms with Gasteiger partial charge in [-0.15, -0.1) is 0 Å². The summed E-state index contributed by atoms with van der Waals surface area (Å²) >= 11 is 1.44. The maximum Gasteiger partial charge on any atom is 0.159 e. The maximum atomic E-state index is 10.7. The Morgan fingerprint density at radius 3 is 2.67 bits per heavy atom. The number of ketones is 1. The van der Waals surface area contributed by atoms with Crippen molar-refractivity contribution in [3.63, 3.8) is 0 Å². The van der Waals surface area contributed by atoms with E-state index in [9.17, 15) is 14.7 Å². The van der Waals surface area contributed by atoms with Crippen LogP contribution in [0.5, 0.6) is 0 Å². The summed E-state index contributed by atoms with van der Waals surface area (Å²) in [6.45, 7) is 3.14. The quantitative estimate of drug-likeness (QED) is 0.493. The molecule has 0 aromatic carbocycles. The molecule has 0 fully saturated rings. The molecule has 0 saturated heterocycles. The first-order valence-electron chi connectivity index (χ1n) is 3.83. The molecular weight excluding hydrogens is 176 g/mol. The first-order chi connectivity index (χ1) is 5.59. The molecule has 0 aliphatic rings. The highest BCUT2D eigenvalue weighted by atomic mass is 32.2. The highest BCUT2D eigenvalue weighted by Gasteiger charge is 2.18. The number of aldehydes is 1. The van der Waals surface area contributed by atoms with E-state index in [1.54, 1.807) is 6.92 Å². The molecule has 0 aromatic heterocycles. The van der Waals surface area contributed by atoms with Crippen LogP contribution in [0.25, 0.3) is 0 Å². The number of carbonyl (C=O) groups is 2. The van der Waals surface area contributed by atoms with E-state index >= 15 is 0 Å². The van der Waals surface area contributed by atoms with E-state index in [0.717, 1.165) is 6.29 Å². The zero-order chi connectivity index (χ0) is 9.56. The minimum atomic E-state index is -0.901. The molecule has 0 saturated carbocycles. The van der Waals surface area contributed by atoms with Crippen molar-refractivity contribution in [1.82, 2.24) is 0 Å². The molecule has 0 radical (unpaired) electrons. The van der Waals surface area contributed by atoms with Gasteiger partial charge in [0.2, 0.25) is 0 Å². The van der Waals surface area contributed by atoms with Crippen LogP contribution in [-0.4, -0.2) is 34.3 Å². The summed E-state index contributed by atoms with van der Waals surface area (Å²) in [5, 5.41) is 9.11. The highest BCUT2D eigenvalue weighted by molar-refractivity contribution is 7.99. The normalized spacial score (nSPS) is 15.2. The van der Waals surface area contributed by atoms with Gasteiger partial charge >= 0.3 is 0 Å². The van der Waals surface area contributed by atoms with E-state index in [0.29, 0.717) is 12.2 Å². The summed E-state index contributed by atoms with van der Waals surface area (Å²) in [5.41, 5.74) is 0. The third kappa shape index (κ3) is 4.51. The van der Waals surface area contributed by atoms with Gasteiger partial charge in [0.05, 0.1) is 0 Å². The molecule has 0 aliphatic carbocycles. The Morgan fingerprint density at radius 1 is 1.67 bits per heavy atom. The van der Waals surface area contributed by atoms with Gasteiger partial charge in [0.15, 0.2) is 5.78 Å². The fraction of sp³-hybridized carbons (Fsp3) is 0.750. The molecule has 0 aliphatic heterocycles. The Kier molecular flexibility index (Phi) is 6.02. The van der Waals surface area contributed by atoms with Gasteiger partial charge in [0.1, 0.15) is 12.4 Å². The van der Waals surface area contributed by atoms with Crippen LogP contribution in [0.15, 0.2) is 0 Å². The molecule has 0 rings (SSSR count). The number of hydrogen-bond donors (Lipinski definition) is 1. The van der Waals surface area contributed by atoms with Crippen molar-refractivity contribution in [2.75, 3.05) is 5.75 Å². The van der Waals surface area contributed by atoms with Crippen LogP contribution in [0.3, 0.4) is 0 Å². The monoisotopic (exact) mass is 190 g/mol. The van der Waals surface area contributed by atoms with Gasteiger partial charge in [-0.3, -0.25) is 4.79 Å². The summed E-state index contributed by atoms with van der Waals surface area (Å²) in [5.74, 6) is 0.441. The Balaban J connectivity index is 3.63. The number of Topliss-reactive ketones (excluding diaryl/α,β-unsaturated/α-hetero) is 1. The van der Waals surface area contributed by atoms with E-state index in [2.05, 4.69) is 0 Å². The van der Waals surface area contributed by atoms with Crippen LogP contribution in [-0.2, 0) is 9.59 Å². The van der Waals surface area contributed by atoms with Crippen LogP contribution in [0.1, 0.15) is 20.3 Å². The Hall–Kier alpha value is -0.350. The van der Waals surface area contributed by atoms with Gasteiger partial charge < -0.3 is 9.90 Å². The lowest BCUT2D eigenvalue weighted by molar-refractivity contribution is -0.124. The van der Waals surface area contributed by atoms with Crippen molar-refractivity contribution in [1.29, 1.82) is 0 Å². The summed E-state index contributed by atoms with van der Waals surface area (Å²) in [6.07, 6.45) is 0.404. The van der Waals surface area contributed by atoms with E-state index < -0.39 is 6.10 Å². The summed E-state index contributed by atoms with van der Waals surface area (Å²) in [4.78, 5) is 20.6. The van der Waals surface area contributed by atoms with E-state index in [4.69, 9.17) is 0 Å². The molecule has 0 amide bonds. The van der Waals surface area contributed by atoms with Crippen LogP contribution >= 0.6 is 11.8 Å². The molecule has 2 unspecified atom stereocenters. The molecule has 3 nitrogen and oxygen atoms in total. The van der Waals surface area contributed by atoms with Crippen molar-refractivity contribution >= 4 is 23.8 Å². The van der Waals surface area contributed by atoms with Crippen LogP contribution in [0.4, 0.5) is 0 Å². The molecule has 12 heavy (non-hydrogen) atoms. The molecular formula is C8H14O3S. The predicted molar refractivity (Wildman–Crippen MR) is 49.3 cm³/mol. The lowest BCUT2D eigenvalue weighted by Crippen LogP contribution is -2.27. The summed E-state index contributed by atoms with van der Waals surface area (Å²) in [7, 11) is 0. The van der Waals surface area contributed by atoms with Crippen LogP contribution in [0.2, 0.25) is 0 Å². The predicted octanol–water partition coefficient (Wildman–Crippen LogP) is 0.647. The topological polar surface area (TPSA) is 54.4 Å². The van der Waals surface area contributed by atoms with E-state index in [1.807, 2.05) is 0 Å². The summed E-state index contributed by atoms with van der Waals surface area (Å²) < 4.78 is 0. The molecule has 0 bridgehead atoms. The van der Waals surface area contributed by atoms with E-state index in [1.165, 1.54) is 18.7 Å². The van der Waals surface area contributed by atoms with Gasteiger partial charge in [-0.25, -0.2) is 0 Å². The molecule has 0 spiro atoms. The largest absolute Gasteiger partial charge is 0.384 e. The SMILES string of the molecule is CC(=O)C(O)C(C)SCCC=O. The van der Waals surface area contributed by atoms with E-state index in [-0.39, 0.29) is 11.0 Å². The molecule has 0 heterocycles. The molecule has 0 aromatic rings. The third-order valence-electron chi connectivity index (χ3n) is 1.48. The third-order valence-corrected chi connectivity index (χ3v) is 2.73. The average molecular weight is 190 g/mol. The molecule has 4 heteroatoms. The van der Waals surface area contributed by atoms with Gasteiger partial charge in [-0.1, -0.05) is 6.92 Å². The molecule has 1 N–H and O–H groups in total. The lowest BCUT2D eigenvalue weighted by atomic mass is 10.2. The highest BCUT2D eigenvalue weighted by Crippen LogP contribution is 2.15. The second-order valence-electron chi connectivity index (χ2n) is 2.59. The van der Waals surface area contributed by atoms with Crippen molar-refractivity contribution in [2.24, 2.45) is 0 Å². The van der Waals surface area contributed by atoms with Crippen molar-refractivity contribution in [2.45, 2.75) is 31.6 Å². The summed E-state index contributed by atoms with van der Waals surface area (Å²) in [6, 6.07) is 0. The van der Waals surface area contributed by atoms with Gasteiger partial charge in [0.25, 0.3) is 0 Å². The number of aliphatic hydroxyl groups excluding tert-OH is 1. The van der Waals surface area contributed by atoms with Gasteiger partial charge in [0, 0.05) is 17.4 Å². The average Bonchev–Trinajstić information content (AvgIpc) is 2.03. The fourth-order valence-corrected chi connectivity index (χ4v) is 1.70. The molecule has 70 valence electrons. The molecule has 2 atom stereocenters. The first-order valence-corrected chi connectivity index (χ1v) is 4.88. The standard InChI is InChI=1S/C8H14O3S/c1-6(10)8(11)7(2)12-5-3-4-9/h4,7-8,11H,3,5H2,1-2H3. The minimum absolute atomic E-state index is 0.123. The number of thioether (sulfide) groups is 1. The number of hydrogen-bond acceptors (Lipinski definition) is 4. The Morgan fingerprint density at radius 2 is 2.25 bits per heavy atom. The fourth-order valence-electron chi connectivity index (χ4n) is 0.724. The first kappa shape index (κ1) is 11.6. The number of aliphatic hydroxyl groups is 1. The minimum Gasteiger partial charge on any atom is -0.384 e. The van der Waals surface area contributed by atoms with Gasteiger partial charge in [-0.05, 0) is 6.92 Å². The zero-order valence-electron chi connectivity index (χ0n) is 7.32. The number of carbonyl (C=O) groups excluding carboxylic acids is 2. The van der Waals surface area contributed by atoms with Crippen LogP contribution < -0.4 is 0 Å². The lowest BCUT2D eigenvalue weighted by Gasteiger charge is -2.14. The second kappa shape index (κ2) is 6.20. The van der Waals surface area contributed by atoms with Crippen LogP contribution in [0, 0.1) is 0 Å². The van der Waals surface area contributed by atoms with Crippen molar-refractivity contribution in [3.8, 4) is 0 Å². The maximum absolute atomic E-state index is 10.7.